The average molecular weight is 751 g/mol. The summed E-state index contributed by atoms with van der Waals surface area (Å²) < 4.78 is 49.8. The lowest BCUT2D eigenvalue weighted by molar-refractivity contribution is -0.261. The van der Waals surface area contributed by atoms with E-state index in [0.29, 0.717) is 70.7 Å². The molecule has 53 heavy (non-hydrogen) atoms. The van der Waals surface area contributed by atoms with E-state index in [9.17, 15) is 0 Å². The second-order valence-corrected chi connectivity index (χ2v) is 17.0. The third-order valence-corrected chi connectivity index (χ3v) is 10.4. The molecule has 0 aromatic carbocycles. The molecule has 4 fully saturated rings. The van der Waals surface area contributed by atoms with Gasteiger partial charge in [-0.05, 0) is 61.8 Å². The number of hydrogen-bond acceptors (Lipinski definition) is 14. The standard InChI is InChI=1S/C39H70N6O8/c1-10-11-12-13-14-15-16-17-18-19-20-40-33-41-34(44(29-21-48-37(4,5)49-22-29)30-23-50-38(6,7)51-24-30)43-35(42-33)45(31-25-52-39(8,9)53-26-31)32-27-47-36(2,3)28-46-32/h29-32H,10-28H2,1-9H3,(H,40,41,42,43). The van der Waals surface area contributed by atoms with Crippen molar-refractivity contribution in [3.8, 4) is 0 Å². The number of rotatable bonds is 18. The molecule has 1 unspecified atom stereocenters. The van der Waals surface area contributed by atoms with Crippen molar-refractivity contribution < 1.29 is 37.9 Å². The molecule has 0 aliphatic carbocycles. The van der Waals surface area contributed by atoms with E-state index in [1.54, 1.807) is 0 Å². The zero-order valence-corrected chi connectivity index (χ0v) is 34.2. The number of aromatic nitrogens is 3. The normalized spacial score (nSPS) is 24.9. The van der Waals surface area contributed by atoms with Crippen LogP contribution in [0.5, 0.6) is 0 Å². The maximum absolute atomic E-state index is 6.48. The molecule has 14 nitrogen and oxygen atoms in total. The summed E-state index contributed by atoms with van der Waals surface area (Å²) in [7, 11) is 0. The zero-order chi connectivity index (χ0) is 38.1. The van der Waals surface area contributed by atoms with E-state index in [4.69, 9.17) is 52.8 Å². The lowest BCUT2D eigenvalue weighted by atomic mass is 10.1. The summed E-state index contributed by atoms with van der Waals surface area (Å²) in [6, 6.07) is -0.630. The summed E-state index contributed by atoms with van der Waals surface area (Å²) in [5.74, 6) is -0.649. The molecular weight excluding hydrogens is 680 g/mol. The molecule has 0 amide bonds. The fourth-order valence-electron chi connectivity index (χ4n) is 7.01. The van der Waals surface area contributed by atoms with Crippen molar-refractivity contribution in [2.45, 2.75) is 174 Å². The van der Waals surface area contributed by atoms with E-state index in [1.807, 2.05) is 60.3 Å². The van der Waals surface area contributed by atoms with E-state index in [-0.39, 0.29) is 18.1 Å². The van der Waals surface area contributed by atoms with Crippen LogP contribution in [-0.2, 0) is 37.9 Å². The van der Waals surface area contributed by atoms with Crippen LogP contribution in [0, 0.1) is 0 Å². The topological polar surface area (TPSA) is 131 Å². The Kier molecular flexibility index (Phi) is 15.0. The van der Waals surface area contributed by atoms with Crippen LogP contribution in [0.25, 0.3) is 0 Å². The third kappa shape index (κ3) is 12.8. The van der Waals surface area contributed by atoms with Crippen LogP contribution >= 0.6 is 0 Å². The Bertz CT molecular complexity index is 1090. The van der Waals surface area contributed by atoms with Gasteiger partial charge < -0.3 is 53.0 Å². The van der Waals surface area contributed by atoms with Crippen molar-refractivity contribution in [1.29, 1.82) is 0 Å². The maximum atomic E-state index is 6.48. The first kappa shape index (κ1) is 42.2. The van der Waals surface area contributed by atoms with Gasteiger partial charge in [-0.15, -0.1) is 0 Å². The van der Waals surface area contributed by atoms with Gasteiger partial charge in [-0.2, -0.15) is 15.0 Å². The lowest BCUT2D eigenvalue weighted by Gasteiger charge is -2.47. The summed E-state index contributed by atoms with van der Waals surface area (Å²) >= 11 is 0. The minimum absolute atomic E-state index is 0.197. The van der Waals surface area contributed by atoms with Gasteiger partial charge in [0.05, 0.1) is 76.6 Å². The molecule has 304 valence electrons. The molecule has 4 aliphatic rings. The molecule has 1 aromatic rings. The number of unbranched alkanes of at least 4 members (excludes halogenated alkanes) is 9. The first-order chi connectivity index (χ1) is 25.2. The number of hydrogen-bond donors (Lipinski definition) is 1. The van der Waals surface area contributed by atoms with Crippen molar-refractivity contribution in [3.63, 3.8) is 0 Å². The van der Waals surface area contributed by atoms with E-state index in [0.717, 1.165) is 19.4 Å². The van der Waals surface area contributed by atoms with Crippen LogP contribution in [0.3, 0.4) is 0 Å². The maximum Gasteiger partial charge on any atom is 0.234 e. The van der Waals surface area contributed by atoms with Crippen molar-refractivity contribution in [2.75, 3.05) is 74.5 Å². The van der Waals surface area contributed by atoms with Gasteiger partial charge in [0.15, 0.2) is 23.6 Å². The molecule has 5 rings (SSSR count). The summed E-state index contributed by atoms with van der Waals surface area (Å²) in [6.45, 7) is 21.9. The molecule has 1 atom stereocenters. The summed E-state index contributed by atoms with van der Waals surface area (Å²) in [6.07, 6.45) is 12.2. The van der Waals surface area contributed by atoms with Crippen LogP contribution in [0.2, 0.25) is 0 Å². The Hall–Kier alpha value is -1.91. The van der Waals surface area contributed by atoms with E-state index >= 15 is 0 Å². The van der Waals surface area contributed by atoms with Gasteiger partial charge in [-0.1, -0.05) is 64.7 Å². The fraction of sp³-hybridized carbons (Fsp3) is 0.923. The molecule has 4 aliphatic heterocycles. The van der Waals surface area contributed by atoms with Gasteiger partial charge in [-0.25, -0.2) is 0 Å². The Morgan fingerprint density at radius 1 is 0.528 bits per heavy atom. The van der Waals surface area contributed by atoms with Crippen molar-refractivity contribution in [2.24, 2.45) is 0 Å². The Balaban J connectivity index is 1.41. The highest BCUT2D eigenvalue weighted by atomic mass is 16.7. The first-order valence-electron chi connectivity index (χ1n) is 20.3. The second kappa shape index (κ2) is 18.8. The van der Waals surface area contributed by atoms with Crippen molar-refractivity contribution >= 4 is 17.8 Å². The first-order valence-corrected chi connectivity index (χ1v) is 20.3. The predicted molar refractivity (Wildman–Crippen MR) is 204 cm³/mol. The second-order valence-electron chi connectivity index (χ2n) is 17.0. The smallest absolute Gasteiger partial charge is 0.234 e. The molecular formula is C39H70N6O8. The molecule has 0 saturated carbocycles. The SMILES string of the molecule is CCCCCCCCCCCCNc1nc(N(C2COC(C)(C)OC2)C2COC(C)(C)OC2)nc(N(C2COC(C)(C)OC2)C2COC(C)(C)CO2)n1. The molecule has 14 heteroatoms. The van der Waals surface area contributed by atoms with Gasteiger partial charge in [0, 0.05) is 6.54 Å². The number of anilines is 3. The number of nitrogens with zero attached hydrogens (tertiary/aromatic N) is 5. The highest BCUT2D eigenvalue weighted by Gasteiger charge is 2.43. The summed E-state index contributed by atoms with van der Waals surface area (Å²) in [4.78, 5) is 19.5. The van der Waals surface area contributed by atoms with E-state index in [2.05, 4.69) is 17.1 Å². The van der Waals surface area contributed by atoms with Crippen molar-refractivity contribution in [1.82, 2.24) is 15.0 Å². The minimum atomic E-state index is -0.694. The largest absolute Gasteiger partial charge is 0.368 e. The molecule has 0 radical (unpaired) electrons. The van der Waals surface area contributed by atoms with Gasteiger partial charge >= 0.3 is 0 Å². The zero-order valence-electron chi connectivity index (χ0n) is 34.2. The van der Waals surface area contributed by atoms with Crippen LogP contribution in [0.4, 0.5) is 17.8 Å². The third-order valence-electron chi connectivity index (χ3n) is 10.4. The highest BCUT2D eigenvalue weighted by Crippen LogP contribution is 2.33. The summed E-state index contributed by atoms with van der Waals surface area (Å²) in [5, 5.41) is 3.55. The van der Waals surface area contributed by atoms with Crippen LogP contribution < -0.4 is 15.1 Å². The fourth-order valence-corrected chi connectivity index (χ4v) is 7.01. The Morgan fingerprint density at radius 2 is 0.943 bits per heavy atom. The Morgan fingerprint density at radius 3 is 1.38 bits per heavy atom. The number of nitrogens with one attached hydrogen (secondary N) is 1. The van der Waals surface area contributed by atoms with Crippen LogP contribution in [0.15, 0.2) is 0 Å². The monoisotopic (exact) mass is 751 g/mol. The van der Waals surface area contributed by atoms with Crippen molar-refractivity contribution in [3.05, 3.63) is 0 Å². The lowest BCUT2D eigenvalue weighted by Crippen LogP contribution is -2.60. The summed E-state index contributed by atoms with van der Waals surface area (Å²) in [5.41, 5.74) is -0.407. The minimum Gasteiger partial charge on any atom is -0.368 e. The average Bonchev–Trinajstić information content (AvgIpc) is 3.10. The van der Waals surface area contributed by atoms with Gasteiger partial charge in [0.25, 0.3) is 0 Å². The number of ether oxygens (including phenoxy) is 8. The van der Waals surface area contributed by atoms with Gasteiger partial charge in [0.1, 0.15) is 0 Å². The van der Waals surface area contributed by atoms with Crippen LogP contribution in [0.1, 0.15) is 127 Å². The van der Waals surface area contributed by atoms with Crippen LogP contribution in [-0.4, -0.2) is 122 Å². The molecule has 0 spiro atoms. The van der Waals surface area contributed by atoms with Gasteiger partial charge in [0.2, 0.25) is 17.8 Å². The van der Waals surface area contributed by atoms with E-state index in [1.165, 1.54) is 51.4 Å². The van der Waals surface area contributed by atoms with E-state index < -0.39 is 29.2 Å². The molecule has 5 heterocycles. The van der Waals surface area contributed by atoms with Gasteiger partial charge in [-0.3, -0.25) is 0 Å². The molecule has 0 bridgehead atoms. The highest BCUT2D eigenvalue weighted by molar-refractivity contribution is 5.48. The molecule has 1 aromatic heterocycles. The quantitative estimate of drug-likeness (QED) is 0.166. The predicted octanol–water partition coefficient (Wildman–Crippen LogP) is 6.42. The molecule has 4 saturated heterocycles. The Labute approximate surface area is 318 Å². The molecule has 1 N–H and O–H groups in total.